The average Bonchev–Trinajstić information content (AvgIpc) is 3.81. The number of nitrogens with zero attached hydrogens (tertiary/aromatic N) is 4. The first kappa shape index (κ1) is 56.0. The van der Waals surface area contributed by atoms with Gasteiger partial charge in [-0.1, -0.05) is 41.9 Å². The lowest BCUT2D eigenvalue weighted by molar-refractivity contribution is -0.157. The quantitative estimate of drug-likeness (QED) is 0.0701. The summed E-state index contributed by atoms with van der Waals surface area (Å²) < 4.78 is 49.9. The minimum atomic E-state index is -3.81. The number of halogens is 1. The van der Waals surface area contributed by atoms with E-state index in [-0.39, 0.29) is 64.5 Å². The number of anilines is 2. The van der Waals surface area contributed by atoms with E-state index in [0.717, 1.165) is 41.9 Å². The first-order valence-corrected chi connectivity index (χ1v) is 28.4. The second kappa shape index (κ2) is 22.0. The van der Waals surface area contributed by atoms with E-state index in [0.29, 0.717) is 64.6 Å². The molecule has 3 N–H and O–H groups in total. The number of imide groups is 1. The fourth-order valence-electron chi connectivity index (χ4n) is 10.3. The van der Waals surface area contributed by atoms with Gasteiger partial charge in [0.25, 0.3) is 0 Å². The molecule has 1 unspecified atom stereocenters. The summed E-state index contributed by atoms with van der Waals surface area (Å²) in [6, 6.07) is 19.2. The van der Waals surface area contributed by atoms with Gasteiger partial charge in [-0.05, 0) is 153 Å². The van der Waals surface area contributed by atoms with Crippen LogP contribution in [0.15, 0.2) is 71.5 Å². The number of hydrogen-bond acceptors (Lipinski definition) is 13. The molecule has 18 nitrogen and oxygen atoms in total. The number of thiophene rings is 1. The van der Waals surface area contributed by atoms with Gasteiger partial charge in [0.15, 0.2) is 17.2 Å². The van der Waals surface area contributed by atoms with Gasteiger partial charge in [-0.25, -0.2) is 27.6 Å². The minimum Gasteiger partial charge on any atom is -0.479 e. The Balaban J connectivity index is 0.850. The van der Waals surface area contributed by atoms with Crippen LogP contribution in [0.3, 0.4) is 0 Å². The van der Waals surface area contributed by atoms with Crippen molar-refractivity contribution in [1.29, 1.82) is 0 Å². The maximum absolute atomic E-state index is 14.2. The van der Waals surface area contributed by atoms with Crippen LogP contribution in [0.2, 0.25) is 5.02 Å². The summed E-state index contributed by atoms with van der Waals surface area (Å²) in [7, 11) is -2.13. The number of benzene rings is 3. The van der Waals surface area contributed by atoms with Crippen LogP contribution in [0.25, 0.3) is 21.5 Å². The predicted molar refractivity (Wildman–Crippen MR) is 293 cm³/mol. The van der Waals surface area contributed by atoms with Crippen molar-refractivity contribution >= 4 is 85.2 Å². The van der Waals surface area contributed by atoms with Crippen molar-refractivity contribution < 1.29 is 46.6 Å². The van der Waals surface area contributed by atoms with Crippen LogP contribution >= 0.6 is 22.9 Å². The number of urea groups is 1. The summed E-state index contributed by atoms with van der Waals surface area (Å²) in [5, 5.41) is 9.07. The van der Waals surface area contributed by atoms with Crippen LogP contribution in [0.1, 0.15) is 121 Å². The zero-order valence-corrected chi connectivity index (χ0v) is 46.9. The van der Waals surface area contributed by atoms with Gasteiger partial charge in [-0.2, -0.15) is 4.31 Å². The maximum Gasteiger partial charge on any atom is 0.352 e. The third-order valence-electron chi connectivity index (χ3n) is 13.7. The second-order valence-corrected chi connectivity index (χ2v) is 25.9. The van der Waals surface area contributed by atoms with E-state index in [1.807, 2.05) is 56.3 Å². The van der Waals surface area contributed by atoms with Crippen LogP contribution in [0, 0.1) is 5.92 Å². The number of aromatic nitrogens is 2. The number of rotatable bonds is 14. The normalized spacial score (nSPS) is 18.8. The number of esters is 2. The number of sulfonamides is 1. The molecule has 3 aliphatic rings. The predicted octanol–water partition coefficient (Wildman–Crippen LogP) is 9.05. The number of piperidine rings is 3. The van der Waals surface area contributed by atoms with E-state index in [1.54, 1.807) is 82.1 Å². The molecule has 2 atom stereocenters. The Morgan fingerprint density at radius 2 is 1.54 bits per heavy atom. The lowest BCUT2D eigenvalue weighted by Crippen LogP contribution is -2.55. The molecule has 0 spiro atoms. The molecule has 4 amide bonds. The molecule has 3 fully saturated rings. The number of carbonyl (C=O) groups is 5. The molecule has 0 radical (unpaired) electrons. The van der Waals surface area contributed by atoms with E-state index in [1.165, 1.54) is 9.13 Å². The van der Waals surface area contributed by atoms with Crippen molar-refractivity contribution in [2.45, 2.75) is 135 Å². The Morgan fingerprint density at radius 1 is 0.842 bits per heavy atom. The monoisotopic (exact) mass is 1100 g/mol. The summed E-state index contributed by atoms with van der Waals surface area (Å²) >= 11 is 8.02. The van der Waals surface area contributed by atoms with E-state index in [2.05, 4.69) is 16.0 Å². The fraction of sp³-hybridized carbons (Fsp3) is 0.491. The largest absolute Gasteiger partial charge is 0.479 e. The smallest absolute Gasteiger partial charge is 0.352 e. The summed E-state index contributed by atoms with van der Waals surface area (Å²) in [6.07, 6.45) is 3.77. The maximum atomic E-state index is 14.2. The van der Waals surface area contributed by atoms with Gasteiger partial charge in [0.05, 0.1) is 21.7 Å². The number of ether oxygens (including phenoxy) is 3. The average molecular weight is 1100 g/mol. The molecular formula is C55H68ClN7O11S2. The molecule has 0 aliphatic carbocycles. The molecule has 8 rings (SSSR count). The highest BCUT2D eigenvalue weighted by Crippen LogP contribution is 2.47. The number of hydrogen-bond donors (Lipinski definition) is 3. The number of aryl methyl sites for hydroxylation is 1. The Labute approximate surface area is 452 Å². The highest BCUT2D eigenvalue weighted by Gasteiger charge is 2.42. The van der Waals surface area contributed by atoms with Gasteiger partial charge in [0.1, 0.15) is 22.3 Å². The van der Waals surface area contributed by atoms with Gasteiger partial charge in [-0.3, -0.25) is 24.0 Å². The number of likely N-dealkylation sites (tertiary alicyclic amines) is 1. The Morgan fingerprint density at radius 3 is 2.22 bits per heavy atom. The van der Waals surface area contributed by atoms with Gasteiger partial charge < -0.3 is 29.7 Å². The SMILES string of the molecule is Cn1c(=O)n(C2CCC(=O)NC2=O)c2ccc(CC3CCN(C(=O)Nc4cccc(CS(=O)(=O)N5CC[C@H](Nc6cccc(-c7sc(C(=O)OC(C)(C)C)c(OCC(=O)OC(C)(C)C)c7Cl)c6)CC5(C)C)c4)CC3)cc21. The lowest BCUT2D eigenvalue weighted by Gasteiger charge is -2.45. The van der Waals surface area contributed by atoms with Crippen molar-refractivity contribution in [2.24, 2.45) is 13.0 Å². The fourth-order valence-corrected chi connectivity index (χ4v) is 13.8. The number of amides is 4. The first-order valence-electron chi connectivity index (χ1n) is 25.6. The molecule has 0 bridgehead atoms. The Hall–Kier alpha value is -6.22. The number of imidazole rings is 1. The first-order chi connectivity index (χ1) is 35.6. The van der Waals surface area contributed by atoms with Crippen molar-refractivity contribution in [2.75, 3.05) is 36.9 Å². The standard InChI is InChI=1S/C55H68ClN7O11S2/c1-53(2,3)73-44(65)31-72-46-45(56)47(75-48(46)50(67)74-54(4,5)6)36-13-11-15-38(29-36)57-39-22-25-62(55(7,8)30-39)76(70,71)32-35-12-10-14-37(27-35)58-51(68)61-23-20-33(21-24-61)26-34-16-17-40-42(28-34)60(9)52(69)63(40)41-18-19-43(64)59-49(41)66/h10-17,27-29,33,39,41,57H,18-26,30-32H2,1-9H3,(H,58,68)(H,59,64,66)/t39-,41?/m0/s1. The van der Waals surface area contributed by atoms with E-state index >= 15 is 0 Å². The lowest BCUT2D eigenvalue weighted by atomic mass is 9.89. The van der Waals surface area contributed by atoms with Crippen LogP contribution in [-0.2, 0) is 53.1 Å². The second-order valence-electron chi connectivity index (χ2n) is 22.6. The molecule has 5 heterocycles. The summed E-state index contributed by atoms with van der Waals surface area (Å²) in [5.74, 6) is -1.99. The van der Waals surface area contributed by atoms with Crippen molar-refractivity contribution in [3.63, 3.8) is 0 Å². The topological polar surface area (TPSA) is 217 Å². The third-order valence-corrected chi connectivity index (χ3v) is 17.4. The van der Waals surface area contributed by atoms with Gasteiger partial charge >= 0.3 is 23.7 Å². The van der Waals surface area contributed by atoms with Crippen LogP contribution < -0.4 is 26.4 Å². The van der Waals surface area contributed by atoms with E-state index in [4.69, 9.17) is 25.8 Å². The van der Waals surface area contributed by atoms with E-state index in [9.17, 15) is 37.2 Å². The Bertz CT molecular complexity index is 3230. The van der Waals surface area contributed by atoms with Crippen LogP contribution in [-0.4, -0.2) is 106 Å². The van der Waals surface area contributed by atoms with Crippen molar-refractivity contribution in [3.8, 4) is 16.2 Å². The molecular weight excluding hydrogens is 1030 g/mol. The van der Waals surface area contributed by atoms with Gasteiger partial charge in [0.2, 0.25) is 21.8 Å². The molecule has 0 saturated carbocycles. The minimum absolute atomic E-state index is 0.0313. The highest BCUT2D eigenvalue weighted by atomic mass is 35.5. The highest BCUT2D eigenvalue weighted by molar-refractivity contribution is 7.88. The molecule has 3 aromatic carbocycles. The van der Waals surface area contributed by atoms with Crippen LogP contribution in [0.4, 0.5) is 16.2 Å². The number of carbonyl (C=O) groups excluding carboxylic acids is 5. The van der Waals surface area contributed by atoms with Crippen molar-refractivity contribution in [3.05, 3.63) is 98.2 Å². The third kappa shape index (κ3) is 13.1. The van der Waals surface area contributed by atoms with Gasteiger partial charge in [-0.15, -0.1) is 11.3 Å². The molecule has 3 aliphatic heterocycles. The molecule has 408 valence electrons. The molecule has 2 aromatic heterocycles. The summed E-state index contributed by atoms with van der Waals surface area (Å²) in [6.45, 7) is 15.2. The zero-order valence-electron chi connectivity index (χ0n) is 44.5. The molecule has 5 aromatic rings. The summed E-state index contributed by atoms with van der Waals surface area (Å²) in [4.78, 5) is 79.6. The van der Waals surface area contributed by atoms with E-state index < -0.39 is 57.3 Å². The van der Waals surface area contributed by atoms with Gasteiger partial charge in [0, 0.05) is 56.1 Å². The zero-order chi connectivity index (χ0) is 55.1. The molecule has 76 heavy (non-hydrogen) atoms. The van der Waals surface area contributed by atoms with Crippen molar-refractivity contribution in [1.82, 2.24) is 23.7 Å². The Kier molecular flexibility index (Phi) is 16.2. The molecule has 21 heteroatoms. The summed E-state index contributed by atoms with van der Waals surface area (Å²) in [5.41, 5.74) is 2.30. The number of nitrogens with one attached hydrogen (secondary N) is 3. The van der Waals surface area contributed by atoms with Crippen LogP contribution in [0.5, 0.6) is 5.75 Å². The number of fused-ring (bicyclic) bond motifs is 1. The molecule has 3 saturated heterocycles.